The van der Waals surface area contributed by atoms with Crippen molar-refractivity contribution in [2.24, 2.45) is 0 Å². The molecule has 0 amide bonds. The second-order valence-electron chi connectivity index (χ2n) is 5.93. The third-order valence-corrected chi connectivity index (χ3v) is 5.70. The fourth-order valence-corrected chi connectivity index (χ4v) is 4.22. The molecule has 0 atom stereocenters. The van der Waals surface area contributed by atoms with E-state index in [0.29, 0.717) is 5.56 Å². The molecule has 142 valence electrons. The first-order chi connectivity index (χ1) is 13.4. The van der Waals surface area contributed by atoms with Crippen LogP contribution < -0.4 is 4.74 Å². The number of carbonyl (C=O) groups excluding carboxylic acids is 1. The van der Waals surface area contributed by atoms with Crippen molar-refractivity contribution in [3.05, 3.63) is 95.6 Å². The van der Waals surface area contributed by atoms with Crippen molar-refractivity contribution in [3.8, 4) is 5.75 Å². The van der Waals surface area contributed by atoms with E-state index >= 15 is 0 Å². The lowest BCUT2D eigenvalue weighted by Gasteiger charge is -2.11. The minimum Gasteiger partial charge on any atom is -0.478 e. The second kappa shape index (κ2) is 8.06. The number of para-hydroxylation sites is 1. The zero-order chi connectivity index (χ0) is 20.1. The summed E-state index contributed by atoms with van der Waals surface area (Å²) in [4.78, 5) is 23.7. The number of carboxylic acid groups (broad SMARTS) is 1. The van der Waals surface area contributed by atoms with Crippen LogP contribution >= 0.6 is 0 Å². The van der Waals surface area contributed by atoms with E-state index in [1.165, 1.54) is 48.5 Å². The van der Waals surface area contributed by atoms with E-state index in [2.05, 4.69) is 0 Å². The van der Waals surface area contributed by atoms with Gasteiger partial charge in [0.15, 0.2) is 9.84 Å². The summed E-state index contributed by atoms with van der Waals surface area (Å²) in [6, 6.07) is 20.0. The molecule has 6 nitrogen and oxygen atoms in total. The van der Waals surface area contributed by atoms with E-state index in [1.54, 1.807) is 30.3 Å². The molecule has 0 radical (unpaired) electrons. The molecule has 0 heterocycles. The topological polar surface area (TPSA) is 97.7 Å². The summed E-state index contributed by atoms with van der Waals surface area (Å²) < 4.78 is 30.9. The number of carbonyl (C=O) groups is 2. The lowest BCUT2D eigenvalue weighted by molar-refractivity contribution is 0.0680. The molecule has 7 heteroatoms. The van der Waals surface area contributed by atoms with Crippen LogP contribution in [0.5, 0.6) is 5.75 Å². The van der Waals surface area contributed by atoms with Gasteiger partial charge in [0.2, 0.25) is 0 Å². The van der Waals surface area contributed by atoms with Crippen molar-refractivity contribution in [2.75, 3.05) is 0 Å². The van der Waals surface area contributed by atoms with Gasteiger partial charge in [0.1, 0.15) is 11.3 Å². The largest absolute Gasteiger partial charge is 0.478 e. The van der Waals surface area contributed by atoms with Gasteiger partial charge in [0.25, 0.3) is 0 Å². The normalized spacial score (nSPS) is 11.0. The molecular formula is C21H16O6S. The molecule has 3 aromatic rings. The van der Waals surface area contributed by atoms with E-state index < -0.39 is 21.8 Å². The Morgan fingerprint density at radius 1 is 0.786 bits per heavy atom. The first-order valence-corrected chi connectivity index (χ1v) is 9.94. The standard InChI is InChI=1S/C21H16O6S/c22-20(23)16-10-4-6-12-18(16)27-21(24)17-11-5-7-13-19(17)28(25,26)14-15-8-2-1-3-9-15/h1-13H,14H2,(H,22,23). The Morgan fingerprint density at radius 2 is 1.36 bits per heavy atom. The Bertz CT molecular complexity index is 1120. The van der Waals surface area contributed by atoms with Crippen molar-refractivity contribution in [3.63, 3.8) is 0 Å². The van der Waals surface area contributed by atoms with Gasteiger partial charge in [0, 0.05) is 0 Å². The predicted molar refractivity (Wildman–Crippen MR) is 102 cm³/mol. The minimum absolute atomic E-state index is 0.154. The van der Waals surface area contributed by atoms with Gasteiger partial charge in [-0.25, -0.2) is 18.0 Å². The number of benzene rings is 3. The molecule has 3 rings (SSSR count). The maximum absolute atomic E-state index is 12.9. The van der Waals surface area contributed by atoms with Gasteiger partial charge in [-0.15, -0.1) is 0 Å². The maximum Gasteiger partial charge on any atom is 0.344 e. The first kappa shape index (κ1) is 19.3. The zero-order valence-electron chi connectivity index (χ0n) is 14.6. The lowest BCUT2D eigenvalue weighted by Crippen LogP contribution is -2.16. The second-order valence-corrected chi connectivity index (χ2v) is 7.89. The van der Waals surface area contributed by atoms with Gasteiger partial charge in [-0.2, -0.15) is 0 Å². The molecule has 0 aliphatic carbocycles. The molecule has 0 bridgehead atoms. The van der Waals surface area contributed by atoms with E-state index in [-0.39, 0.29) is 27.5 Å². The SMILES string of the molecule is O=C(O)c1ccccc1OC(=O)c1ccccc1S(=O)(=O)Cc1ccccc1. The monoisotopic (exact) mass is 396 g/mol. The molecule has 0 saturated carbocycles. The summed E-state index contributed by atoms with van der Waals surface area (Å²) in [6.45, 7) is 0. The molecular weight excluding hydrogens is 380 g/mol. The van der Waals surface area contributed by atoms with Gasteiger partial charge >= 0.3 is 11.9 Å². The van der Waals surface area contributed by atoms with Crippen molar-refractivity contribution in [2.45, 2.75) is 10.6 Å². The smallest absolute Gasteiger partial charge is 0.344 e. The lowest BCUT2D eigenvalue weighted by atomic mass is 10.2. The van der Waals surface area contributed by atoms with Crippen LogP contribution in [-0.2, 0) is 15.6 Å². The highest BCUT2D eigenvalue weighted by atomic mass is 32.2. The average molecular weight is 396 g/mol. The van der Waals surface area contributed by atoms with Crippen molar-refractivity contribution < 1.29 is 27.9 Å². The number of rotatable bonds is 6. The van der Waals surface area contributed by atoms with E-state index in [0.717, 1.165) is 0 Å². The number of ether oxygens (including phenoxy) is 1. The fraction of sp³-hybridized carbons (Fsp3) is 0.0476. The Labute approximate surface area is 161 Å². The summed E-state index contributed by atoms with van der Waals surface area (Å²) in [5, 5.41) is 9.21. The predicted octanol–water partition coefficient (Wildman–Crippen LogP) is 3.58. The highest BCUT2D eigenvalue weighted by Gasteiger charge is 2.25. The third-order valence-electron chi connectivity index (χ3n) is 3.96. The van der Waals surface area contributed by atoms with Gasteiger partial charge in [0.05, 0.1) is 16.2 Å². The fourth-order valence-electron chi connectivity index (χ4n) is 2.67. The van der Waals surface area contributed by atoms with Gasteiger partial charge in [-0.05, 0) is 29.8 Å². The van der Waals surface area contributed by atoms with Crippen LogP contribution in [0.3, 0.4) is 0 Å². The highest BCUT2D eigenvalue weighted by molar-refractivity contribution is 7.90. The molecule has 0 fully saturated rings. The van der Waals surface area contributed by atoms with Crippen LogP contribution in [0.1, 0.15) is 26.3 Å². The van der Waals surface area contributed by atoms with Crippen LogP contribution in [0, 0.1) is 0 Å². The van der Waals surface area contributed by atoms with Crippen LogP contribution in [-0.4, -0.2) is 25.5 Å². The van der Waals surface area contributed by atoms with E-state index in [4.69, 9.17) is 4.74 Å². The average Bonchev–Trinajstić information content (AvgIpc) is 2.68. The molecule has 0 saturated heterocycles. The van der Waals surface area contributed by atoms with Gasteiger partial charge in [-0.3, -0.25) is 0 Å². The zero-order valence-corrected chi connectivity index (χ0v) is 15.4. The molecule has 0 unspecified atom stereocenters. The molecule has 1 N–H and O–H groups in total. The van der Waals surface area contributed by atoms with Gasteiger partial charge in [-0.1, -0.05) is 54.6 Å². The summed E-state index contributed by atoms with van der Waals surface area (Å²) in [5.41, 5.74) is 0.237. The van der Waals surface area contributed by atoms with Crippen molar-refractivity contribution in [1.29, 1.82) is 0 Å². The molecule has 3 aromatic carbocycles. The highest BCUT2D eigenvalue weighted by Crippen LogP contribution is 2.24. The summed E-state index contributed by atoms with van der Waals surface area (Å²) >= 11 is 0. The molecule has 0 aromatic heterocycles. The van der Waals surface area contributed by atoms with Gasteiger partial charge < -0.3 is 9.84 Å². The molecule has 0 aliphatic heterocycles. The number of esters is 1. The minimum atomic E-state index is -3.82. The number of aromatic carboxylic acids is 1. The number of hydrogen-bond acceptors (Lipinski definition) is 5. The quantitative estimate of drug-likeness (QED) is 0.505. The summed E-state index contributed by atoms with van der Waals surface area (Å²) in [5.74, 6) is -2.63. The molecule has 28 heavy (non-hydrogen) atoms. The molecule has 0 spiro atoms. The Hall–Kier alpha value is -3.45. The number of hydrogen-bond donors (Lipinski definition) is 1. The van der Waals surface area contributed by atoms with E-state index in [9.17, 15) is 23.1 Å². The first-order valence-electron chi connectivity index (χ1n) is 8.29. The van der Waals surface area contributed by atoms with E-state index in [1.807, 2.05) is 0 Å². The van der Waals surface area contributed by atoms with Crippen LogP contribution in [0.2, 0.25) is 0 Å². The Morgan fingerprint density at radius 3 is 2.04 bits per heavy atom. The van der Waals surface area contributed by atoms with Crippen LogP contribution in [0.25, 0.3) is 0 Å². The summed E-state index contributed by atoms with van der Waals surface area (Å²) in [7, 11) is -3.82. The Balaban J connectivity index is 1.94. The molecule has 0 aliphatic rings. The third kappa shape index (κ3) is 4.27. The number of carboxylic acids is 1. The van der Waals surface area contributed by atoms with Crippen molar-refractivity contribution in [1.82, 2.24) is 0 Å². The summed E-state index contributed by atoms with van der Waals surface area (Å²) in [6.07, 6.45) is 0. The maximum atomic E-state index is 12.9. The van der Waals surface area contributed by atoms with Crippen LogP contribution in [0.4, 0.5) is 0 Å². The Kier molecular flexibility index (Phi) is 5.56. The van der Waals surface area contributed by atoms with Crippen molar-refractivity contribution >= 4 is 21.8 Å². The number of sulfone groups is 1. The van der Waals surface area contributed by atoms with Crippen LogP contribution in [0.15, 0.2) is 83.8 Å².